The predicted octanol–water partition coefficient (Wildman–Crippen LogP) is 5.86. The quantitative estimate of drug-likeness (QED) is 0.304. The number of fused-ring (bicyclic) bond motifs is 2. The Labute approximate surface area is 220 Å². The van der Waals surface area contributed by atoms with E-state index in [9.17, 15) is 14.9 Å². The maximum atomic E-state index is 13.4. The number of anilines is 1. The van der Waals surface area contributed by atoms with Gasteiger partial charge in [0.1, 0.15) is 12.4 Å². The first kappa shape index (κ1) is 24.1. The van der Waals surface area contributed by atoms with Crippen molar-refractivity contribution in [3.63, 3.8) is 0 Å². The van der Waals surface area contributed by atoms with E-state index in [2.05, 4.69) is 21.2 Å². The summed E-state index contributed by atoms with van der Waals surface area (Å²) in [7, 11) is 1.76. The zero-order chi connectivity index (χ0) is 24.9. The highest BCUT2D eigenvalue weighted by atomic mass is 79.9. The number of nitro groups is 1. The van der Waals surface area contributed by atoms with Gasteiger partial charge in [0.05, 0.1) is 16.0 Å². The molecule has 7 nitrogen and oxygen atoms in total. The van der Waals surface area contributed by atoms with Crippen LogP contribution >= 0.6 is 39.1 Å². The smallest absolute Gasteiger partial charge is 0.256 e. The normalized spacial score (nSPS) is 23.4. The molecule has 1 spiro atoms. The Hall–Kier alpha value is -2.65. The second-order valence-electron chi connectivity index (χ2n) is 8.70. The maximum Gasteiger partial charge on any atom is 0.256 e. The van der Waals surface area contributed by atoms with Crippen LogP contribution in [0.15, 0.2) is 65.1 Å². The summed E-state index contributed by atoms with van der Waals surface area (Å²) in [6.45, 7) is 0.499. The molecule has 5 rings (SSSR count). The molecule has 1 saturated heterocycles. The largest absolute Gasteiger partial charge is 0.489 e. The molecule has 35 heavy (non-hydrogen) atoms. The van der Waals surface area contributed by atoms with Crippen molar-refractivity contribution in [2.45, 2.75) is 24.1 Å². The number of nitrogens with zero attached hydrogens (tertiary/aromatic N) is 2. The van der Waals surface area contributed by atoms with Crippen LogP contribution in [-0.4, -0.2) is 35.4 Å². The van der Waals surface area contributed by atoms with E-state index in [1.807, 2.05) is 18.2 Å². The molecule has 180 valence electrons. The van der Waals surface area contributed by atoms with Gasteiger partial charge >= 0.3 is 0 Å². The molecule has 3 aromatic rings. The lowest BCUT2D eigenvalue weighted by atomic mass is 9.79. The number of amides is 1. The second kappa shape index (κ2) is 9.09. The number of nitrogens with one attached hydrogen (secondary N) is 1. The Bertz CT molecular complexity index is 1350. The summed E-state index contributed by atoms with van der Waals surface area (Å²) in [4.78, 5) is 27.4. The van der Waals surface area contributed by atoms with Crippen LogP contribution in [0.25, 0.3) is 0 Å². The van der Waals surface area contributed by atoms with Gasteiger partial charge in [0.2, 0.25) is 0 Å². The highest BCUT2D eigenvalue weighted by Gasteiger charge is 2.68. The Balaban J connectivity index is 1.56. The van der Waals surface area contributed by atoms with Gasteiger partial charge in [-0.25, -0.2) is 0 Å². The van der Waals surface area contributed by atoms with Crippen LogP contribution in [0.4, 0.5) is 5.69 Å². The number of ether oxygens (including phenoxy) is 1. The standard InChI is InChI=1S/C25H20BrCl2N3O4/c1-30-12-17(23(31(33)34)25(30)18-4-2-3-5-21(18)29-24(25)32)16-11-15(26)7-9-22(16)35-13-14-6-8-19(27)20(28)10-14/h2-11,17,23H,12-13H2,1H3,(H,29,32)/t17-,23-,25+/m1/s1. The SMILES string of the molecule is CN1C[C@H](c2cc(Br)ccc2OCc2ccc(Cl)c(Cl)c2)[C@@H]([N+](=O)[O-])[C@@]12C(=O)Nc1ccccc12. The van der Waals surface area contributed by atoms with E-state index < -0.39 is 23.4 Å². The number of halogens is 3. The van der Waals surface area contributed by atoms with Gasteiger partial charge in [-0.2, -0.15) is 0 Å². The van der Waals surface area contributed by atoms with Crippen molar-refractivity contribution in [3.05, 3.63) is 102 Å². The fraction of sp³-hybridized carbons (Fsp3) is 0.240. The molecule has 2 aliphatic rings. The van der Waals surface area contributed by atoms with Gasteiger partial charge in [-0.05, 0) is 49.0 Å². The number of para-hydroxylation sites is 1. The fourth-order valence-electron chi connectivity index (χ4n) is 5.29. The molecule has 0 unspecified atom stereocenters. The topological polar surface area (TPSA) is 84.7 Å². The summed E-state index contributed by atoms with van der Waals surface area (Å²) in [6, 6.07) is 16.6. The van der Waals surface area contributed by atoms with Crippen LogP contribution < -0.4 is 10.1 Å². The second-order valence-corrected chi connectivity index (χ2v) is 10.4. The molecule has 0 aromatic heterocycles. The number of hydrogen-bond donors (Lipinski definition) is 1. The third kappa shape index (κ3) is 3.89. The third-order valence-electron chi connectivity index (χ3n) is 6.79. The van der Waals surface area contributed by atoms with Crippen molar-refractivity contribution >= 4 is 50.7 Å². The van der Waals surface area contributed by atoms with Gasteiger partial charge in [0.25, 0.3) is 11.9 Å². The molecule has 3 aromatic carbocycles. The molecule has 2 aliphatic heterocycles. The summed E-state index contributed by atoms with van der Waals surface area (Å²) >= 11 is 15.6. The van der Waals surface area contributed by atoms with Crippen LogP contribution in [0.1, 0.15) is 22.6 Å². The van der Waals surface area contributed by atoms with E-state index in [1.165, 1.54) is 0 Å². The molecule has 3 atom stereocenters. The molecule has 0 saturated carbocycles. The molecule has 0 aliphatic carbocycles. The van der Waals surface area contributed by atoms with Crippen molar-refractivity contribution in [1.29, 1.82) is 0 Å². The third-order valence-corrected chi connectivity index (χ3v) is 8.02. The molecular formula is C25H20BrCl2N3O4. The average molecular weight is 577 g/mol. The number of benzene rings is 3. The molecule has 0 radical (unpaired) electrons. The van der Waals surface area contributed by atoms with Crippen LogP contribution in [-0.2, 0) is 16.9 Å². The van der Waals surface area contributed by atoms with Crippen LogP contribution in [0.3, 0.4) is 0 Å². The van der Waals surface area contributed by atoms with Crippen molar-refractivity contribution in [1.82, 2.24) is 4.90 Å². The number of likely N-dealkylation sites (N-methyl/N-ethyl adjacent to an activating group) is 1. The number of hydrogen-bond acceptors (Lipinski definition) is 5. The van der Waals surface area contributed by atoms with Gasteiger partial charge in [-0.3, -0.25) is 19.8 Å². The Morgan fingerprint density at radius 3 is 2.69 bits per heavy atom. The van der Waals surface area contributed by atoms with E-state index in [0.717, 1.165) is 10.0 Å². The lowest BCUT2D eigenvalue weighted by molar-refractivity contribution is -0.534. The fourth-order valence-corrected chi connectivity index (χ4v) is 5.99. The number of rotatable bonds is 5. The molecular weight excluding hydrogens is 557 g/mol. The van der Waals surface area contributed by atoms with Crippen LogP contribution in [0.5, 0.6) is 5.75 Å². The number of likely N-dealkylation sites (tertiary alicyclic amines) is 1. The Morgan fingerprint density at radius 1 is 1.17 bits per heavy atom. The van der Waals surface area contributed by atoms with Crippen molar-refractivity contribution in [3.8, 4) is 5.75 Å². The minimum absolute atomic E-state index is 0.200. The summed E-state index contributed by atoms with van der Waals surface area (Å²) < 4.78 is 6.89. The van der Waals surface area contributed by atoms with Gasteiger partial charge in [0, 0.05) is 32.8 Å². The van der Waals surface area contributed by atoms with Gasteiger partial charge in [-0.15, -0.1) is 0 Å². The summed E-state index contributed by atoms with van der Waals surface area (Å²) in [5, 5.41) is 16.3. The minimum atomic E-state index is -1.42. The first-order valence-electron chi connectivity index (χ1n) is 10.9. The van der Waals surface area contributed by atoms with E-state index in [0.29, 0.717) is 39.2 Å². The zero-order valence-corrected chi connectivity index (χ0v) is 21.6. The summed E-state index contributed by atoms with van der Waals surface area (Å²) in [6.07, 6.45) is 0. The molecule has 0 bridgehead atoms. The van der Waals surface area contributed by atoms with Crippen LogP contribution in [0, 0.1) is 10.1 Å². The number of carbonyl (C=O) groups is 1. The van der Waals surface area contributed by atoms with Crippen LogP contribution in [0.2, 0.25) is 10.0 Å². The highest BCUT2D eigenvalue weighted by Crippen LogP contribution is 2.53. The van der Waals surface area contributed by atoms with E-state index in [1.54, 1.807) is 54.4 Å². The van der Waals surface area contributed by atoms with E-state index in [4.69, 9.17) is 27.9 Å². The van der Waals surface area contributed by atoms with Gasteiger partial charge < -0.3 is 10.1 Å². The molecule has 1 amide bonds. The van der Waals surface area contributed by atoms with Crippen molar-refractivity contribution < 1.29 is 14.5 Å². The zero-order valence-electron chi connectivity index (χ0n) is 18.5. The highest BCUT2D eigenvalue weighted by molar-refractivity contribution is 9.10. The van der Waals surface area contributed by atoms with Crippen molar-refractivity contribution in [2.75, 3.05) is 18.9 Å². The Kier molecular flexibility index (Phi) is 6.25. The molecule has 1 N–H and O–H groups in total. The Morgan fingerprint density at radius 2 is 1.94 bits per heavy atom. The first-order valence-corrected chi connectivity index (χ1v) is 12.4. The molecule has 2 heterocycles. The average Bonchev–Trinajstić information content (AvgIpc) is 3.30. The van der Waals surface area contributed by atoms with Gasteiger partial charge in [-0.1, -0.05) is 63.4 Å². The number of carbonyl (C=O) groups excluding carboxylic acids is 1. The van der Waals surface area contributed by atoms with E-state index in [-0.39, 0.29) is 11.5 Å². The summed E-state index contributed by atoms with van der Waals surface area (Å²) in [5.74, 6) is -0.486. The van der Waals surface area contributed by atoms with E-state index >= 15 is 0 Å². The first-order chi connectivity index (χ1) is 16.7. The monoisotopic (exact) mass is 575 g/mol. The van der Waals surface area contributed by atoms with Gasteiger partial charge in [0.15, 0.2) is 5.54 Å². The van der Waals surface area contributed by atoms with Crippen molar-refractivity contribution in [2.24, 2.45) is 0 Å². The minimum Gasteiger partial charge on any atom is -0.489 e. The lowest BCUT2D eigenvalue weighted by Crippen LogP contribution is -2.54. The lowest BCUT2D eigenvalue weighted by Gasteiger charge is -2.30. The molecule has 10 heteroatoms. The maximum absolute atomic E-state index is 13.4. The molecule has 1 fully saturated rings. The summed E-state index contributed by atoms with van der Waals surface area (Å²) in [5.41, 5.74) is 1.26. The predicted molar refractivity (Wildman–Crippen MR) is 138 cm³/mol.